The lowest BCUT2D eigenvalue weighted by Crippen LogP contribution is -2.30. The second kappa shape index (κ2) is 4.45. The minimum Gasteiger partial charge on any atom is -0.396 e. The molecule has 1 aromatic rings. The van der Waals surface area contributed by atoms with E-state index < -0.39 is 0 Å². The van der Waals surface area contributed by atoms with E-state index in [1.165, 1.54) is 25.7 Å². The van der Waals surface area contributed by atoms with Crippen molar-refractivity contribution in [2.24, 2.45) is 17.8 Å². The minimum atomic E-state index is 0.483. The first kappa shape index (κ1) is 11.8. The Labute approximate surface area is 109 Å². The molecule has 0 radical (unpaired) electrons. The molecule has 1 heterocycles. The van der Waals surface area contributed by atoms with Gasteiger partial charge in [-0.1, -0.05) is 6.42 Å². The number of fused-ring (bicyclic) bond motifs is 2. The van der Waals surface area contributed by atoms with Crippen molar-refractivity contribution in [1.29, 1.82) is 0 Å². The average Bonchev–Trinajstić information content (AvgIpc) is 2.97. The molecule has 98 valence electrons. The van der Waals surface area contributed by atoms with Crippen LogP contribution in [0.3, 0.4) is 0 Å². The zero-order valence-electron chi connectivity index (χ0n) is 11.3. The maximum atomic E-state index is 6.08. The summed E-state index contributed by atoms with van der Waals surface area (Å²) in [6, 6.07) is 2.44. The van der Waals surface area contributed by atoms with Gasteiger partial charge in [0, 0.05) is 12.2 Å². The summed E-state index contributed by atoms with van der Waals surface area (Å²) >= 11 is 0. The molecule has 0 spiro atoms. The van der Waals surface area contributed by atoms with Crippen LogP contribution in [0, 0.1) is 24.7 Å². The Morgan fingerprint density at radius 3 is 2.89 bits per heavy atom. The monoisotopic (exact) mass is 245 g/mol. The summed E-state index contributed by atoms with van der Waals surface area (Å²) in [6.07, 6.45) is 7.57. The van der Waals surface area contributed by atoms with Crippen LogP contribution in [0.2, 0.25) is 0 Å². The molecule has 3 nitrogen and oxygen atoms in total. The van der Waals surface area contributed by atoms with Gasteiger partial charge in [-0.05, 0) is 62.5 Å². The Kier molecular flexibility index (Phi) is 2.92. The van der Waals surface area contributed by atoms with Crippen LogP contribution < -0.4 is 11.1 Å². The van der Waals surface area contributed by atoms with E-state index in [1.807, 2.05) is 19.2 Å². The largest absolute Gasteiger partial charge is 0.396 e. The van der Waals surface area contributed by atoms with Gasteiger partial charge in [-0.3, -0.25) is 0 Å². The molecular weight excluding hydrogens is 222 g/mol. The van der Waals surface area contributed by atoms with Crippen LogP contribution in [0.4, 0.5) is 11.5 Å². The molecule has 2 fully saturated rings. The summed E-state index contributed by atoms with van der Waals surface area (Å²) in [5.41, 5.74) is 7.98. The maximum Gasteiger partial charge on any atom is 0.149 e. The molecule has 3 N–H and O–H groups in total. The van der Waals surface area contributed by atoms with E-state index in [4.69, 9.17) is 5.73 Å². The molecule has 0 amide bonds. The van der Waals surface area contributed by atoms with Gasteiger partial charge in [-0.25, -0.2) is 4.98 Å². The van der Waals surface area contributed by atoms with Gasteiger partial charge in [0.25, 0.3) is 0 Å². The molecule has 2 bridgehead atoms. The molecule has 2 aliphatic rings. The Balaban J connectivity index is 1.71. The second-order valence-electron chi connectivity index (χ2n) is 6.16. The number of nitrogens with one attached hydrogen (secondary N) is 1. The summed E-state index contributed by atoms with van der Waals surface area (Å²) in [5.74, 6) is 3.60. The van der Waals surface area contributed by atoms with Crippen LogP contribution in [0.15, 0.2) is 12.3 Å². The summed E-state index contributed by atoms with van der Waals surface area (Å²) in [6.45, 7) is 4.32. The van der Waals surface area contributed by atoms with Crippen LogP contribution in [0.5, 0.6) is 0 Å². The molecule has 1 aromatic heterocycles. The summed E-state index contributed by atoms with van der Waals surface area (Å²) in [4.78, 5) is 4.38. The van der Waals surface area contributed by atoms with Crippen molar-refractivity contribution in [2.75, 3.05) is 11.1 Å². The smallest absolute Gasteiger partial charge is 0.149 e. The Bertz CT molecular complexity index is 443. The van der Waals surface area contributed by atoms with Crippen molar-refractivity contribution >= 4 is 11.5 Å². The number of rotatable bonds is 3. The first-order valence-corrected chi connectivity index (χ1v) is 7.12. The Morgan fingerprint density at radius 2 is 2.22 bits per heavy atom. The fourth-order valence-corrected chi connectivity index (χ4v) is 3.91. The summed E-state index contributed by atoms with van der Waals surface area (Å²) in [7, 11) is 0. The first-order chi connectivity index (χ1) is 8.65. The molecule has 4 atom stereocenters. The van der Waals surface area contributed by atoms with Crippen molar-refractivity contribution in [3.05, 3.63) is 17.8 Å². The number of hydrogen-bond acceptors (Lipinski definition) is 3. The predicted molar refractivity (Wildman–Crippen MR) is 75.4 cm³/mol. The van der Waals surface area contributed by atoms with Crippen molar-refractivity contribution in [1.82, 2.24) is 4.98 Å². The third-order valence-corrected chi connectivity index (χ3v) is 5.01. The first-order valence-electron chi connectivity index (χ1n) is 7.12. The van der Waals surface area contributed by atoms with Gasteiger partial charge in [0.1, 0.15) is 5.82 Å². The molecule has 0 aliphatic heterocycles. The van der Waals surface area contributed by atoms with Crippen LogP contribution >= 0.6 is 0 Å². The number of hydrogen-bond donors (Lipinski definition) is 2. The van der Waals surface area contributed by atoms with E-state index in [1.54, 1.807) is 0 Å². The highest BCUT2D eigenvalue weighted by molar-refractivity contribution is 5.65. The zero-order valence-corrected chi connectivity index (χ0v) is 11.3. The Hall–Kier alpha value is -1.25. The van der Waals surface area contributed by atoms with E-state index in [9.17, 15) is 0 Å². The van der Waals surface area contributed by atoms with Crippen LogP contribution in [-0.2, 0) is 0 Å². The third kappa shape index (κ3) is 1.96. The van der Waals surface area contributed by atoms with Crippen molar-refractivity contribution in [3.63, 3.8) is 0 Å². The van der Waals surface area contributed by atoms with Crippen LogP contribution in [-0.4, -0.2) is 11.0 Å². The van der Waals surface area contributed by atoms with Gasteiger partial charge in [0.2, 0.25) is 0 Å². The van der Waals surface area contributed by atoms with E-state index in [-0.39, 0.29) is 0 Å². The molecule has 2 aliphatic carbocycles. The highest BCUT2D eigenvalue weighted by atomic mass is 15.0. The van der Waals surface area contributed by atoms with Crippen LogP contribution in [0.25, 0.3) is 0 Å². The molecule has 0 saturated heterocycles. The number of aryl methyl sites for hydroxylation is 1. The van der Waals surface area contributed by atoms with Gasteiger partial charge in [0.15, 0.2) is 0 Å². The van der Waals surface area contributed by atoms with Gasteiger partial charge < -0.3 is 11.1 Å². The average molecular weight is 245 g/mol. The summed E-state index contributed by atoms with van der Waals surface area (Å²) < 4.78 is 0. The lowest BCUT2D eigenvalue weighted by molar-refractivity contribution is 0.304. The highest BCUT2D eigenvalue weighted by Crippen LogP contribution is 2.49. The van der Waals surface area contributed by atoms with Gasteiger partial charge in [0.05, 0.1) is 5.69 Å². The number of pyridine rings is 1. The number of nitrogens with zero attached hydrogens (tertiary/aromatic N) is 1. The van der Waals surface area contributed by atoms with Gasteiger partial charge in [-0.2, -0.15) is 0 Å². The third-order valence-electron chi connectivity index (χ3n) is 5.01. The standard InChI is InChI=1S/C15H23N3/c1-9-5-6-17-15(14(9)16)18-10(2)13-8-11-3-4-12(13)7-11/h5-6,10-13H,3-4,7-8,16H2,1-2H3,(H,17,18). The number of nitrogens with two attached hydrogens (primary N) is 1. The summed E-state index contributed by atoms with van der Waals surface area (Å²) in [5, 5.41) is 3.54. The second-order valence-corrected chi connectivity index (χ2v) is 6.16. The molecule has 3 heteroatoms. The zero-order chi connectivity index (χ0) is 12.7. The van der Waals surface area contributed by atoms with E-state index in [0.29, 0.717) is 6.04 Å². The number of anilines is 2. The molecule has 2 saturated carbocycles. The van der Waals surface area contributed by atoms with Crippen molar-refractivity contribution < 1.29 is 0 Å². The molecular formula is C15H23N3. The fourth-order valence-electron chi connectivity index (χ4n) is 3.91. The molecule has 4 unspecified atom stereocenters. The lowest BCUT2D eigenvalue weighted by atomic mass is 9.84. The molecule has 0 aromatic carbocycles. The van der Waals surface area contributed by atoms with E-state index >= 15 is 0 Å². The quantitative estimate of drug-likeness (QED) is 0.859. The van der Waals surface area contributed by atoms with Crippen LogP contribution in [0.1, 0.15) is 38.2 Å². The maximum absolute atomic E-state index is 6.08. The normalized spacial score (nSPS) is 31.6. The molecule has 3 rings (SSSR count). The number of nitrogen functional groups attached to an aromatic ring is 1. The number of aromatic nitrogens is 1. The van der Waals surface area contributed by atoms with Gasteiger partial charge >= 0.3 is 0 Å². The Morgan fingerprint density at radius 1 is 1.39 bits per heavy atom. The van der Waals surface area contributed by atoms with Crippen molar-refractivity contribution in [2.45, 2.75) is 45.6 Å². The molecule has 18 heavy (non-hydrogen) atoms. The minimum absolute atomic E-state index is 0.483. The van der Waals surface area contributed by atoms with Crippen molar-refractivity contribution in [3.8, 4) is 0 Å². The van der Waals surface area contributed by atoms with Gasteiger partial charge in [-0.15, -0.1) is 0 Å². The lowest BCUT2D eigenvalue weighted by Gasteiger charge is -2.29. The van der Waals surface area contributed by atoms with E-state index in [2.05, 4.69) is 17.2 Å². The SMILES string of the molecule is Cc1ccnc(NC(C)C2CC3CCC2C3)c1N. The van der Waals surface area contributed by atoms with E-state index in [0.717, 1.165) is 34.8 Å². The highest BCUT2D eigenvalue weighted by Gasteiger charge is 2.41. The fraction of sp³-hybridized carbons (Fsp3) is 0.667. The predicted octanol–water partition coefficient (Wildman–Crippen LogP) is 3.21. The topological polar surface area (TPSA) is 50.9 Å².